The highest BCUT2D eigenvalue weighted by Crippen LogP contribution is 2.27. The molecule has 2 aliphatic heterocycles. The summed E-state index contributed by atoms with van der Waals surface area (Å²) in [5, 5.41) is 10.4. The Morgan fingerprint density at radius 1 is 1.30 bits per heavy atom. The van der Waals surface area contributed by atoms with Crippen LogP contribution >= 0.6 is 11.6 Å². The number of likely N-dealkylation sites (N-methyl/N-ethyl adjacent to an activating group) is 1. The molecule has 0 bridgehead atoms. The number of halogens is 1. The third kappa shape index (κ3) is 3.47. The van der Waals surface area contributed by atoms with E-state index in [0.29, 0.717) is 17.2 Å². The standard InChI is InChI=1S/C17H23ClN2O3/c1-19(15-10-23-11-16(15)21)17(22)13-9-12(5-6-14(13)18)20-7-3-2-4-8-20/h5-6,9,15-16,21H,2-4,7-8,10-11H2,1H3/t15-,16-/m0/s1. The molecule has 0 aromatic heterocycles. The van der Waals surface area contributed by atoms with E-state index in [4.69, 9.17) is 16.3 Å². The Morgan fingerprint density at radius 3 is 2.70 bits per heavy atom. The summed E-state index contributed by atoms with van der Waals surface area (Å²) in [5.74, 6) is -0.177. The highest BCUT2D eigenvalue weighted by atomic mass is 35.5. The zero-order valence-electron chi connectivity index (χ0n) is 13.4. The fourth-order valence-electron chi connectivity index (χ4n) is 3.27. The largest absolute Gasteiger partial charge is 0.388 e. The van der Waals surface area contributed by atoms with Crippen molar-refractivity contribution in [2.45, 2.75) is 31.4 Å². The molecular formula is C17H23ClN2O3. The van der Waals surface area contributed by atoms with Crippen LogP contribution in [-0.4, -0.2) is 61.4 Å². The van der Waals surface area contributed by atoms with Gasteiger partial charge in [0.1, 0.15) is 0 Å². The van der Waals surface area contributed by atoms with E-state index in [1.165, 1.54) is 19.3 Å². The van der Waals surface area contributed by atoms with Gasteiger partial charge in [-0.3, -0.25) is 4.79 Å². The molecule has 2 atom stereocenters. The van der Waals surface area contributed by atoms with Gasteiger partial charge in [-0.15, -0.1) is 0 Å². The third-order valence-electron chi connectivity index (χ3n) is 4.74. The normalized spacial score (nSPS) is 24.7. The molecule has 5 nitrogen and oxygen atoms in total. The summed E-state index contributed by atoms with van der Waals surface area (Å²) in [5.41, 5.74) is 1.52. The maximum Gasteiger partial charge on any atom is 0.255 e. The first-order valence-electron chi connectivity index (χ1n) is 8.15. The van der Waals surface area contributed by atoms with E-state index in [0.717, 1.165) is 18.8 Å². The third-order valence-corrected chi connectivity index (χ3v) is 5.07. The molecule has 0 saturated carbocycles. The van der Waals surface area contributed by atoms with E-state index in [9.17, 15) is 9.90 Å². The second-order valence-corrected chi connectivity index (χ2v) is 6.71. The maximum absolute atomic E-state index is 12.8. The molecule has 1 aromatic carbocycles. The van der Waals surface area contributed by atoms with Crippen LogP contribution in [0, 0.1) is 0 Å². The minimum absolute atomic E-state index is 0.177. The van der Waals surface area contributed by atoms with Gasteiger partial charge in [-0.1, -0.05) is 11.6 Å². The number of carbonyl (C=O) groups excluding carboxylic acids is 1. The number of hydrogen-bond acceptors (Lipinski definition) is 4. The van der Waals surface area contributed by atoms with Gasteiger partial charge in [0.05, 0.1) is 35.9 Å². The molecule has 6 heteroatoms. The SMILES string of the molecule is CN(C(=O)c1cc(N2CCCCC2)ccc1Cl)[C@H]1COC[C@@H]1O. The van der Waals surface area contributed by atoms with Crippen LogP contribution in [0.4, 0.5) is 5.69 Å². The van der Waals surface area contributed by atoms with Crippen LogP contribution in [-0.2, 0) is 4.74 Å². The van der Waals surface area contributed by atoms with E-state index in [1.54, 1.807) is 18.0 Å². The Balaban J connectivity index is 1.81. The van der Waals surface area contributed by atoms with E-state index in [1.807, 2.05) is 12.1 Å². The highest BCUT2D eigenvalue weighted by molar-refractivity contribution is 6.34. The number of piperidine rings is 1. The minimum Gasteiger partial charge on any atom is -0.388 e. The van der Waals surface area contributed by atoms with Crippen LogP contribution in [0.5, 0.6) is 0 Å². The van der Waals surface area contributed by atoms with Crippen molar-refractivity contribution in [3.63, 3.8) is 0 Å². The molecule has 0 radical (unpaired) electrons. The second kappa shape index (κ2) is 7.07. The summed E-state index contributed by atoms with van der Waals surface area (Å²) < 4.78 is 5.24. The monoisotopic (exact) mass is 338 g/mol. The number of rotatable bonds is 3. The van der Waals surface area contributed by atoms with E-state index >= 15 is 0 Å². The van der Waals surface area contributed by atoms with Gasteiger partial charge < -0.3 is 19.6 Å². The van der Waals surface area contributed by atoms with Gasteiger partial charge in [-0.05, 0) is 37.5 Å². The van der Waals surface area contributed by atoms with Gasteiger partial charge in [0.2, 0.25) is 0 Å². The number of carbonyl (C=O) groups is 1. The molecule has 3 rings (SSSR count). The lowest BCUT2D eigenvalue weighted by atomic mass is 10.1. The molecular weight excluding hydrogens is 316 g/mol. The first-order chi connectivity index (χ1) is 11.1. The fraction of sp³-hybridized carbons (Fsp3) is 0.588. The predicted molar refractivity (Wildman–Crippen MR) is 90.2 cm³/mol. The van der Waals surface area contributed by atoms with Gasteiger partial charge >= 0.3 is 0 Å². The summed E-state index contributed by atoms with van der Waals surface area (Å²) in [7, 11) is 1.69. The van der Waals surface area contributed by atoms with E-state index in [2.05, 4.69) is 4.90 Å². The Kier molecular flexibility index (Phi) is 5.09. The average molecular weight is 339 g/mol. The average Bonchev–Trinajstić information content (AvgIpc) is 3.01. The Bertz CT molecular complexity index is 575. The summed E-state index contributed by atoms with van der Waals surface area (Å²) in [6.45, 7) is 2.65. The second-order valence-electron chi connectivity index (χ2n) is 6.30. The van der Waals surface area contributed by atoms with Gasteiger partial charge in [0, 0.05) is 25.8 Å². The number of aliphatic hydroxyl groups excluding tert-OH is 1. The number of aliphatic hydroxyl groups is 1. The smallest absolute Gasteiger partial charge is 0.255 e. The zero-order valence-corrected chi connectivity index (χ0v) is 14.1. The lowest BCUT2D eigenvalue weighted by Gasteiger charge is -2.30. The number of benzene rings is 1. The molecule has 1 aromatic rings. The van der Waals surface area contributed by atoms with E-state index in [-0.39, 0.29) is 18.6 Å². The van der Waals surface area contributed by atoms with Crippen molar-refractivity contribution in [1.29, 1.82) is 0 Å². The number of nitrogens with zero attached hydrogens (tertiary/aromatic N) is 2. The van der Waals surface area contributed by atoms with Crippen LogP contribution in [0.1, 0.15) is 29.6 Å². The fourth-order valence-corrected chi connectivity index (χ4v) is 3.47. The molecule has 2 heterocycles. The number of anilines is 1. The van der Waals surface area contributed by atoms with Crippen molar-refractivity contribution in [3.05, 3.63) is 28.8 Å². The Labute approximate surface area is 141 Å². The predicted octanol–water partition coefficient (Wildman–Crippen LogP) is 2.16. The highest BCUT2D eigenvalue weighted by Gasteiger charge is 2.33. The van der Waals surface area contributed by atoms with Crippen LogP contribution in [0.2, 0.25) is 5.02 Å². The topological polar surface area (TPSA) is 53.0 Å². The summed E-state index contributed by atoms with van der Waals surface area (Å²) in [4.78, 5) is 16.6. The molecule has 2 fully saturated rings. The van der Waals surface area contributed by atoms with Gasteiger partial charge in [-0.25, -0.2) is 0 Å². The van der Waals surface area contributed by atoms with Gasteiger partial charge in [0.15, 0.2) is 0 Å². The summed E-state index contributed by atoms with van der Waals surface area (Å²) in [6.07, 6.45) is 2.97. The first kappa shape index (κ1) is 16.6. The minimum atomic E-state index is -0.645. The summed E-state index contributed by atoms with van der Waals surface area (Å²) in [6, 6.07) is 5.30. The quantitative estimate of drug-likeness (QED) is 0.917. The van der Waals surface area contributed by atoms with Crippen molar-refractivity contribution in [2.24, 2.45) is 0 Å². The molecule has 1 amide bonds. The van der Waals surface area contributed by atoms with Crippen molar-refractivity contribution in [1.82, 2.24) is 4.90 Å². The van der Waals surface area contributed by atoms with E-state index < -0.39 is 6.10 Å². The molecule has 23 heavy (non-hydrogen) atoms. The number of hydrogen-bond donors (Lipinski definition) is 1. The van der Waals surface area contributed by atoms with Crippen LogP contribution in [0.3, 0.4) is 0 Å². The molecule has 0 spiro atoms. The Morgan fingerprint density at radius 2 is 2.04 bits per heavy atom. The van der Waals surface area contributed by atoms with Crippen molar-refractivity contribution in [2.75, 3.05) is 38.3 Å². The van der Waals surface area contributed by atoms with Crippen molar-refractivity contribution < 1.29 is 14.6 Å². The van der Waals surface area contributed by atoms with Crippen molar-refractivity contribution >= 4 is 23.2 Å². The van der Waals surface area contributed by atoms with Gasteiger partial charge in [0.25, 0.3) is 5.91 Å². The number of amides is 1. The molecule has 0 unspecified atom stereocenters. The molecule has 2 saturated heterocycles. The molecule has 2 aliphatic rings. The molecule has 0 aliphatic carbocycles. The maximum atomic E-state index is 12.8. The summed E-state index contributed by atoms with van der Waals surface area (Å²) >= 11 is 6.26. The number of ether oxygens (including phenoxy) is 1. The van der Waals surface area contributed by atoms with Crippen LogP contribution in [0.15, 0.2) is 18.2 Å². The Hall–Kier alpha value is -1.30. The van der Waals surface area contributed by atoms with Crippen molar-refractivity contribution in [3.8, 4) is 0 Å². The molecule has 1 N–H and O–H groups in total. The van der Waals surface area contributed by atoms with Crippen LogP contribution < -0.4 is 4.90 Å². The zero-order chi connectivity index (χ0) is 16.4. The van der Waals surface area contributed by atoms with Crippen LogP contribution in [0.25, 0.3) is 0 Å². The molecule has 126 valence electrons. The first-order valence-corrected chi connectivity index (χ1v) is 8.53. The lowest BCUT2D eigenvalue weighted by molar-refractivity contribution is 0.0581. The van der Waals surface area contributed by atoms with Gasteiger partial charge in [-0.2, -0.15) is 0 Å². The lowest BCUT2D eigenvalue weighted by Crippen LogP contribution is -2.44.